The molecule has 0 saturated carbocycles. The Morgan fingerprint density at radius 2 is 2.26 bits per heavy atom. The molecule has 1 aliphatic heterocycles. The summed E-state index contributed by atoms with van der Waals surface area (Å²) < 4.78 is 1.44. The van der Waals surface area contributed by atoms with Crippen LogP contribution in [0.5, 0.6) is 0 Å². The van der Waals surface area contributed by atoms with Gasteiger partial charge in [-0.25, -0.2) is 0 Å². The van der Waals surface area contributed by atoms with Crippen LogP contribution >= 0.6 is 23.1 Å². The Morgan fingerprint density at radius 1 is 1.53 bits per heavy atom. The largest absolute Gasteiger partial charge is 0.389 e. The maximum Gasteiger partial charge on any atom is 0.0746 e. The van der Waals surface area contributed by atoms with E-state index in [4.69, 9.17) is 0 Å². The zero-order valence-corrected chi connectivity index (χ0v) is 13.9. The van der Waals surface area contributed by atoms with Gasteiger partial charge in [0.05, 0.1) is 9.81 Å². The first-order chi connectivity index (χ1) is 8.87. The lowest BCUT2D eigenvalue weighted by atomic mass is 9.93. The van der Waals surface area contributed by atoms with Crippen molar-refractivity contribution in [3.05, 3.63) is 17.0 Å². The van der Waals surface area contributed by atoms with Gasteiger partial charge in [0.15, 0.2) is 0 Å². The van der Waals surface area contributed by atoms with Crippen LogP contribution in [-0.2, 0) is 0 Å². The van der Waals surface area contributed by atoms with Crippen LogP contribution < -0.4 is 5.32 Å². The lowest BCUT2D eigenvalue weighted by Crippen LogP contribution is -2.41. The van der Waals surface area contributed by atoms with Crippen LogP contribution in [0.3, 0.4) is 0 Å². The summed E-state index contributed by atoms with van der Waals surface area (Å²) in [5, 5.41) is 16.8. The molecule has 2 rings (SSSR count). The highest BCUT2D eigenvalue weighted by Gasteiger charge is 2.29. The van der Waals surface area contributed by atoms with Crippen molar-refractivity contribution >= 4 is 23.1 Å². The summed E-state index contributed by atoms with van der Waals surface area (Å²) in [5.74, 6) is 0.523. The van der Waals surface area contributed by atoms with E-state index in [2.05, 4.69) is 37.5 Å². The van der Waals surface area contributed by atoms with Crippen molar-refractivity contribution in [2.75, 3.05) is 6.54 Å². The Labute approximate surface area is 125 Å². The number of thiophene rings is 1. The molecule has 2 N–H and O–H groups in total. The second-order valence-electron chi connectivity index (χ2n) is 6.36. The summed E-state index contributed by atoms with van der Waals surface area (Å²) in [4.78, 5) is 0. The van der Waals surface area contributed by atoms with Gasteiger partial charge in [-0.05, 0) is 42.7 Å². The third-order valence-electron chi connectivity index (χ3n) is 3.49. The molecule has 0 amide bonds. The maximum absolute atomic E-state index is 10.4. The Balaban J connectivity index is 1.97. The summed E-state index contributed by atoms with van der Waals surface area (Å²) in [6.07, 6.45) is 1.99. The number of aliphatic hydroxyl groups is 1. The predicted octanol–water partition coefficient (Wildman–Crippen LogP) is 4.06. The van der Waals surface area contributed by atoms with Crippen LogP contribution in [0.4, 0.5) is 0 Å². The molecule has 19 heavy (non-hydrogen) atoms. The van der Waals surface area contributed by atoms with Gasteiger partial charge in [0.2, 0.25) is 0 Å². The molecule has 2 nitrogen and oxygen atoms in total. The van der Waals surface area contributed by atoms with Crippen LogP contribution in [0, 0.1) is 5.92 Å². The van der Waals surface area contributed by atoms with E-state index < -0.39 is 5.60 Å². The number of fused-ring (bicyclic) bond motifs is 1. The van der Waals surface area contributed by atoms with Gasteiger partial charge in [-0.1, -0.05) is 20.8 Å². The molecule has 1 aromatic heterocycles. The van der Waals surface area contributed by atoms with E-state index in [1.54, 1.807) is 0 Å². The molecular weight excluding hydrogens is 274 g/mol. The van der Waals surface area contributed by atoms with Gasteiger partial charge in [0.1, 0.15) is 0 Å². The van der Waals surface area contributed by atoms with Crippen LogP contribution in [0.1, 0.15) is 52.1 Å². The standard InChI is InChI=1S/C15H25NOS2/c1-10(2)8-15(4,17)9-16-13-7-11(3)19-14-12(13)5-6-18-14/h5-6,10-11,13,16-17H,7-9H2,1-4H3/t11-,13?,15?/m0/s1. The molecule has 0 bridgehead atoms. The van der Waals surface area contributed by atoms with E-state index >= 15 is 0 Å². The summed E-state index contributed by atoms with van der Waals surface area (Å²) in [7, 11) is 0. The monoisotopic (exact) mass is 299 g/mol. The second kappa shape index (κ2) is 6.17. The van der Waals surface area contributed by atoms with E-state index in [-0.39, 0.29) is 0 Å². The average molecular weight is 300 g/mol. The Kier molecular flexibility index (Phi) is 4.99. The summed E-state index contributed by atoms with van der Waals surface area (Å²) >= 11 is 3.82. The summed E-state index contributed by atoms with van der Waals surface area (Å²) in [6, 6.07) is 2.63. The summed E-state index contributed by atoms with van der Waals surface area (Å²) in [6.45, 7) is 9.21. The van der Waals surface area contributed by atoms with E-state index in [0.717, 1.165) is 12.8 Å². The minimum Gasteiger partial charge on any atom is -0.389 e. The fourth-order valence-electron chi connectivity index (χ4n) is 2.84. The predicted molar refractivity (Wildman–Crippen MR) is 85.1 cm³/mol. The molecule has 108 valence electrons. The quantitative estimate of drug-likeness (QED) is 0.860. The van der Waals surface area contributed by atoms with Crippen LogP contribution in [0.2, 0.25) is 0 Å². The van der Waals surface area contributed by atoms with Crippen molar-refractivity contribution in [1.82, 2.24) is 5.32 Å². The highest BCUT2D eigenvalue weighted by atomic mass is 32.2. The highest BCUT2D eigenvalue weighted by molar-refractivity contribution is 8.01. The molecule has 0 saturated heterocycles. The Bertz CT molecular complexity index is 414. The van der Waals surface area contributed by atoms with Crippen LogP contribution in [0.25, 0.3) is 0 Å². The molecular formula is C15H25NOS2. The van der Waals surface area contributed by atoms with Crippen molar-refractivity contribution in [3.63, 3.8) is 0 Å². The Morgan fingerprint density at radius 3 is 2.95 bits per heavy atom. The first kappa shape index (κ1) is 15.4. The van der Waals surface area contributed by atoms with Gasteiger partial charge >= 0.3 is 0 Å². The molecule has 0 aromatic carbocycles. The van der Waals surface area contributed by atoms with Crippen LogP contribution in [0.15, 0.2) is 15.7 Å². The smallest absolute Gasteiger partial charge is 0.0746 e. The highest BCUT2D eigenvalue weighted by Crippen LogP contribution is 2.43. The summed E-state index contributed by atoms with van der Waals surface area (Å²) in [5.41, 5.74) is 0.812. The Hall–Kier alpha value is -0.0300. The molecule has 4 heteroatoms. The molecule has 1 aromatic rings. The minimum absolute atomic E-state index is 0.399. The third-order valence-corrected chi connectivity index (χ3v) is 5.83. The molecule has 0 radical (unpaired) electrons. The molecule has 0 fully saturated rings. The van der Waals surface area contributed by atoms with Gasteiger partial charge < -0.3 is 10.4 Å². The maximum atomic E-state index is 10.4. The number of nitrogens with one attached hydrogen (secondary N) is 1. The van der Waals surface area contributed by atoms with Crippen molar-refractivity contribution in [3.8, 4) is 0 Å². The van der Waals surface area contributed by atoms with Crippen molar-refractivity contribution in [1.29, 1.82) is 0 Å². The molecule has 1 aliphatic rings. The fraction of sp³-hybridized carbons (Fsp3) is 0.733. The topological polar surface area (TPSA) is 32.3 Å². The zero-order chi connectivity index (χ0) is 14.0. The van der Waals surface area contributed by atoms with Gasteiger partial charge in [-0.2, -0.15) is 0 Å². The lowest BCUT2D eigenvalue weighted by Gasteiger charge is -2.32. The molecule has 2 heterocycles. The molecule has 0 spiro atoms. The van der Waals surface area contributed by atoms with Gasteiger partial charge in [-0.3, -0.25) is 0 Å². The van der Waals surface area contributed by atoms with Gasteiger partial charge in [0, 0.05) is 17.8 Å². The molecule has 0 aliphatic carbocycles. The molecule has 3 atom stereocenters. The first-order valence-electron chi connectivity index (χ1n) is 7.07. The number of hydrogen-bond acceptors (Lipinski definition) is 4. The van der Waals surface area contributed by atoms with E-state index in [1.807, 2.05) is 30.0 Å². The van der Waals surface area contributed by atoms with Gasteiger partial charge in [0.25, 0.3) is 0 Å². The average Bonchev–Trinajstić information content (AvgIpc) is 2.71. The second-order valence-corrected chi connectivity index (χ2v) is 8.98. The van der Waals surface area contributed by atoms with E-state index in [1.165, 1.54) is 9.77 Å². The third kappa shape index (κ3) is 4.22. The van der Waals surface area contributed by atoms with Crippen molar-refractivity contribution in [2.45, 2.75) is 61.6 Å². The fourth-order valence-corrected chi connectivity index (χ4v) is 5.40. The van der Waals surface area contributed by atoms with E-state index in [9.17, 15) is 5.11 Å². The first-order valence-corrected chi connectivity index (χ1v) is 8.83. The zero-order valence-electron chi connectivity index (χ0n) is 12.3. The minimum atomic E-state index is -0.613. The molecule has 2 unspecified atom stereocenters. The van der Waals surface area contributed by atoms with E-state index in [0.29, 0.717) is 23.8 Å². The number of thioether (sulfide) groups is 1. The number of hydrogen-bond donors (Lipinski definition) is 2. The number of rotatable bonds is 5. The van der Waals surface area contributed by atoms with Crippen LogP contribution in [-0.4, -0.2) is 22.5 Å². The lowest BCUT2D eigenvalue weighted by molar-refractivity contribution is 0.0354. The van der Waals surface area contributed by atoms with Crippen molar-refractivity contribution in [2.24, 2.45) is 5.92 Å². The normalized spacial score (nSPS) is 26.2. The van der Waals surface area contributed by atoms with Gasteiger partial charge in [-0.15, -0.1) is 23.1 Å². The SMILES string of the molecule is CC(C)CC(C)(O)CNC1C[C@H](C)Sc2sccc21. The van der Waals surface area contributed by atoms with Crippen molar-refractivity contribution < 1.29 is 5.11 Å².